The molecule has 4 rings (SSSR count). The molecule has 0 spiro atoms. The van der Waals surface area contributed by atoms with E-state index in [0.29, 0.717) is 30.6 Å². The third-order valence-corrected chi connectivity index (χ3v) is 6.72. The fourth-order valence-electron chi connectivity index (χ4n) is 5.30. The summed E-state index contributed by atoms with van der Waals surface area (Å²) in [5.74, 6) is 1.53. The van der Waals surface area contributed by atoms with Crippen LogP contribution in [0.3, 0.4) is 0 Å². The molecule has 2 N–H and O–H groups in total. The number of carbonyl (C=O) groups is 2. The Balaban J connectivity index is 1.54. The van der Waals surface area contributed by atoms with Crippen molar-refractivity contribution in [2.75, 3.05) is 18.4 Å². The molecule has 1 saturated heterocycles. The van der Waals surface area contributed by atoms with E-state index in [0.717, 1.165) is 18.7 Å². The molecule has 154 valence electrons. The van der Waals surface area contributed by atoms with Crippen molar-refractivity contribution in [3.8, 4) is 0 Å². The van der Waals surface area contributed by atoms with Gasteiger partial charge in [0.15, 0.2) is 0 Å². The number of amides is 2. The molecule has 2 fully saturated rings. The first-order valence-corrected chi connectivity index (χ1v) is 10.8. The van der Waals surface area contributed by atoms with E-state index < -0.39 is 0 Å². The molecule has 0 radical (unpaired) electrons. The molecule has 7 nitrogen and oxygen atoms in total. The number of fused-ring (bicyclic) bond motifs is 1. The zero-order valence-electron chi connectivity index (χ0n) is 17.3. The van der Waals surface area contributed by atoms with E-state index >= 15 is 0 Å². The summed E-state index contributed by atoms with van der Waals surface area (Å²) in [5.41, 5.74) is 0.558. The van der Waals surface area contributed by atoms with Gasteiger partial charge in [-0.3, -0.25) is 9.59 Å². The van der Waals surface area contributed by atoms with Crippen molar-refractivity contribution in [2.45, 2.75) is 83.3 Å². The summed E-state index contributed by atoms with van der Waals surface area (Å²) >= 11 is 0. The van der Waals surface area contributed by atoms with Crippen molar-refractivity contribution in [3.05, 3.63) is 11.8 Å². The summed E-state index contributed by atoms with van der Waals surface area (Å²) in [6.07, 6.45) is 10.1. The van der Waals surface area contributed by atoms with E-state index in [1.54, 1.807) is 6.20 Å². The van der Waals surface area contributed by atoms with Crippen LogP contribution in [-0.2, 0) is 10.3 Å². The molecule has 3 aliphatic rings. The Kier molecular flexibility index (Phi) is 5.10. The molecular formula is C21H33N5O2. The van der Waals surface area contributed by atoms with Crippen LogP contribution >= 0.6 is 0 Å². The molecule has 1 aromatic rings. The van der Waals surface area contributed by atoms with Crippen molar-refractivity contribution in [1.29, 1.82) is 0 Å². The quantitative estimate of drug-likeness (QED) is 0.836. The van der Waals surface area contributed by atoms with Crippen LogP contribution < -0.4 is 10.6 Å². The van der Waals surface area contributed by atoms with Gasteiger partial charge in [0.05, 0.1) is 11.7 Å². The maximum Gasteiger partial charge on any atom is 0.259 e. The third kappa shape index (κ3) is 3.63. The summed E-state index contributed by atoms with van der Waals surface area (Å²) in [7, 11) is 0. The van der Waals surface area contributed by atoms with Gasteiger partial charge in [0.2, 0.25) is 5.91 Å². The minimum atomic E-state index is -0.106. The number of hydrogen-bond donors (Lipinski definition) is 2. The molecule has 1 aliphatic carbocycles. The van der Waals surface area contributed by atoms with E-state index in [4.69, 9.17) is 0 Å². The Morgan fingerprint density at radius 2 is 1.96 bits per heavy atom. The van der Waals surface area contributed by atoms with Gasteiger partial charge in [0.1, 0.15) is 11.4 Å². The lowest BCUT2D eigenvalue weighted by molar-refractivity contribution is -0.119. The Morgan fingerprint density at radius 1 is 1.21 bits per heavy atom. The second-order valence-corrected chi connectivity index (χ2v) is 9.42. The first-order valence-electron chi connectivity index (χ1n) is 10.8. The number of nitrogens with zero attached hydrogens (tertiary/aromatic N) is 3. The third-order valence-electron chi connectivity index (χ3n) is 6.72. The van der Waals surface area contributed by atoms with Gasteiger partial charge in [-0.25, -0.2) is 4.68 Å². The molecule has 3 heterocycles. The molecule has 7 heteroatoms. The standard InChI is InChI=1S/C21H33N5O2/c1-14(27)23-16-9-10-25(13-16)20(28)17-12-22-26-19(17)24-18(11-21(26,2)3)15-7-5-4-6-8-15/h12,15-16,18,24H,4-11,13H2,1-3H3,(H,23,27). The molecule has 0 bridgehead atoms. The molecule has 1 aromatic heterocycles. The number of nitrogens with one attached hydrogen (secondary N) is 2. The number of rotatable bonds is 3. The largest absolute Gasteiger partial charge is 0.366 e. The SMILES string of the molecule is CC(=O)NC1CCN(C(=O)c2cnn3c2NC(C2CCCCC2)CC3(C)C)C1. The highest BCUT2D eigenvalue weighted by atomic mass is 16.2. The second kappa shape index (κ2) is 7.41. The molecule has 2 unspecified atom stereocenters. The Bertz CT molecular complexity index is 750. The fraction of sp³-hybridized carbons (Fsp3) is 0.762. The van der Waals surface area contributed by atoms with Crippen molar-refractivity contribution in [3.63, 3.8) is 0 Å². The maximum atomic E-state index is 13.2. The second-order valence-electron chi connectivity index (χ2n) is 9.42. The molecular weight excluding hydrogens is 354 g/mol. The van der Waals surface area contributed by atoms with Gasteiger partial charge < -0.3 is 15.5 Å². The van der Waals surface area contributed by atoms with Gasteiger partial charge in [-0.1, -0.05) is 19.3 Å². The Hall–Kier alpha value is -2.05. The minimum absolute atomic E-state index is 0.0155. The first-order chi connectivity index (χ1) is 13.3. The van der Waals surface area contributed by atoms with Gasteiger partial charge in [-0.15, -0.1) is 0 Å². The van der Waals surface area contributed by atoms with Gasteiger partial charge in [0.25, 0.3) is 5.91 Å². The molecule has 2 amide bonds. The first kappa shape index (κ1) is 19.3. The highest BCUT2D eigenvalue weighted by molar-refractivity contribution is 5.99. The van der Waals surface area contributed by atoms with Gasteiger partial charge in [0, 0.05) is 32.1 Å². The number of hydrogen-bond acceptors (Lipinski definition) is 4. The Morgan fingerprint density at radius 3 is 2.68 bits per heavy atom. The van der Waals surface area contributed by atoms with E-state index in [1.165, 1.54) is 39.0 Å². The zero-order chi connectivity index (χ0) is 19.9. The average molecular weight is 388 g/mol. The summed E-state index contributed by atoms with van der Waals surface area (Å²) < 4.78 is 2.00. The van der Waals surface area contributed by atoms with Crippen LogP contribution in [0.25, 0.3) is 0 Å². The van der Waals surface area contributed by atoms with Crippen LogP contribution in [-0.4, -0.2) is 51.7 Å². The van der Waals surface area contributed by atoms with E-state index in [1.807, 2.05) is 9.58 Å². The van der Waals surface area contributed by atoms with E-state index in [-0.39, 0.29) is 23.4 Å². The predicted octanol–water partition coefficient (Wildman–Crippen LogP) is 2.73. The summed E-state index contributed by atoms with van der Waals surface area (Å²) in [6.45, 7) is 7.20. The lowest BCUT2D eigenvalue weighted by Gasteiger charge is -2.42. The van der Waals surface area contributed by atoms with Crippen molar-refractivity contribution >= 4 is 17.6 Å². The summed E-state index contributed by atoms with van der Waals surface area (Å²) in [4.78, 5) is 26.4. The highest BCUT2D eigenvalue weighted by Crippen LogP contribution is 2.40. The number of carbonyl (C=O) groups excluding carboxylic acids is 2. The molecule has 1 saturated carbocycles. The van der Waals surface area contributed by atoms with Crippen molar-refractivity contribution in [2.24, 2.45) is 5.92 Å². The number of likely N-dealkylation sites (tertiary alicyclic amines) is 1. The van der Waals surface area contributed by atoms with Crippen molar-refractivity contribution in [1.82, 2.24) is 20.0 Å². The summed E-state index contributed by atoms with van der Waals surface area (Å²) in [5, 5.41) is 11.2. The van der Waals surface area contributed by atoms with Crippen molar-refractivity contribution < 1.29 is 9.59 Å². The van der Waals surface area contributed by atoms with Gasteiger partial charge >= 0.3 is 0 Å². The van der Waals surface area contributed by atoms with Crippen LogP contribution in [0.15, 0.2) is 6.20 Å². The number of aromatic nitrogens is 2. The molecule has 2 aliphatic heterocycles. The minimum Gasteiger partial charge on any atom is -0.366 e. The predicted molar refractivity (Wildman–Crippen MR) is 108 cm³/mol. The zero-order valence-corrected chi connectivity index (χ0v) is 17.3. The highest BCUT2D eigenvalue weighted by Gasteiger charge is 2.40. The van der Waals surface area contributed by atoms with Gasteiger partial charge in [-0.05, 0) is 45.4 Å². The van der Waals surface area contributed by atoms with Crippen LogP contribution in [0.1, 0.15) is 76.1 Å². The lowest BCUT2D eigenvalue weighted by Crippen LogP contribution is -2.46. The fourth-order valence-corrected chi connectivity index (χ4v) is 5.30. The number of anilines is 1. The monoisotopic (exact) mass is 387 g/mol. The van der Waals surface area contributed by atoms with Crippen LogP contribution in [0.5, 0.6) is 0 Å². The molecule has 2 atom stereocenters. The van der Waals surface area contributed by atoms with E-state index in [2.05, 4.69) is 29.6 Å². The normalized spacial score (nSPS) is 27.2. The Labute approximate surface area is 167 Å². The average Bonchev–Trinajstić information content (AvgIpc) is 3.28. The van der Waals surface area contributed by atoms with Gasteiger partial charge in [-0.2, -0.15) is 5.10 Å². The van der Waals surface area contributed by atoms with Crippen LogP contribution in [0.4, 0.5) is 5.82 Å². The molecule has 0 aromatic carbocycles. The maximum absolute atomic E-state index is 13.2. The van der Waals surface area contributed by atoms with E-state index in [9.17, 15) is 9.59 Å². The van der Waals surface area contributed by atoms with Crippen LogP contribution in [0, 0.1) is 5.92 Å². The smallest absolute Gasteiger partial charge is 0.259 e. The summed E-state index contributed by atoms with van der Waals surface area (Å²) in [6, 6.07) is 0.448. The lowest BCUT2D eigenvalue weighted by atomic mass is 9.78. The topological polar surface area (TPSA) is 79.3 Å². The van der Waals surface area contributed by atoms with Crippen LogP contribution in [0.2, 0.25) is 0 Å². The molecule has 28 heavy (non-hydrogen) atoms.